The molecule has 0 amide bonds. The Morgan fingerprint density at radius 2 is 1.64 bits per heavy atom. The highest BCUT2D eigenvalue weighted by Crippen LogP contribution is 2.44. The third kappa shape index (κ3) is 8.37. The van der Waals surface area contributed by atoms with Gasteiger partial charge in [0.05, 0.1) is 17.7 Å². The normalized spacial score (nSPS) is 22.0. The van der Waals surface area contributed by atoms with Crippen LogP contribution in [0.3, 0.4) is 0 Å². The lowest BCUT2D eigenvalue weighted by atomic mass is 9.72. The standard InChI is InChI=1S/C35H47F3N6O2S/c1-3-43(22-27-5-10-29(11-6-27)41-47(45,46)4-2)30-12-7-26(8-13-30)21-42-17-15-34(16-18-42)23-44(24-34)33-31-19-28(20-35(36,37)38)9-14-32(31)39-25-40-33/h7-9,12-14,19,25,27,29,41H,3-6,10-11,15-18,20-24H2,1-2H3. The van der Waals surface area contributed by atoms with E-state index in [0.29, 0.717) is 16.8 Å². The van der Waals surface area contributed by atoms with Crippen molar-refractivity contribution in [2.45, 2.75) is 77.6 Å². The molecule has 47 heavy (non-hydrogen) atoms. The number of nitrogens with zero attached hydrogens (tertiary/aromatic N) is 5. The Labute approximate surface area is 276 Å². The summed E-state index contributed by atoms with van der Waals surface area (Å²) in [6, 6.07) is 13.8. The molecule has 2 aromatic carbocycles. The summed E-state index contributed by atoms with van der Waals surface area (Å²) in [4.78, 5) is 15.9. The van der Waals surface area contributed by atoms with E-state index < -0.39 is 22.6 Å². The molecule has 6 rings (SSSR count). The average molecular weight is 673 g/mol. The van der Waals surface area contributed by atoms with Gasteiger partial charge in [-0.25, -0.2) is 23.1 Å². The first kappa shape index (κ1) is 33.9. The largest absolute Gasteiger partial charge is 0.393 e. The first-order valence-electron chi connectivity index (χ1n) is 17.0. The van der Waals surface area contributed by atoms with Crippen LogP contribution >= 0.6 is 0 Å². The Morgan fingerprint density at radius 1 is 0.957 bits per heavy atom. The maximum Gasteiger partial charge on any atom is 0.393 e. The van der Waals surface area contributed by atoms with Crippen LogP contribution in [-0.2, 0) is 23.0 Å². The third-order valence-electron chi connectivity index (χ3n) is 10.5. The predicted octanol–water partition coefficient (Wildman–Crippen LogP) is 6.16. The van der Waals surface area contributed by atoms with Crippen molar-refractivity contribution in [3.63, 3.8) is 0 Å². The second-order valence-electron chi connectivity index (χ2n) is 13.9. The molecule has 0 unspecified atom stereocenters. The number of hydrogen-bond acceptors (Lipinski definition) is 7. The molecule has 2 saturated heterocycles. The fraction of sp³-hybridized carbons (Fsp3) is 0.600. The lowest BCUT2D eigenvalue weighted by molar-refractivity contribution is -0.127. The SMILES string of the molecule is CCN(CC1CCC(NS(=O)(=O)CC)CC1)c1ccc(CN2CCC3(CC2)CN(c2ncnc4ccc(CC(F)(F)F)cc24)C3)cc1. The number of aromatic nitrogens is 2. The number of halogens is 3. The van der Waals surface area contributed by atoms with E-state index in [1.807, 2.05) is 0 Å². The van der Waals surface area contributed by atoms with Crippen molar-refractivity contribution in [2.75, 3.05) is 54.8 Å². The van der Waals surface area contributed by atoms with E-state index in [2.05, 4.69) is 60.6 Å². The van der Waals surface area contributed by atoms with Crippen LogP contribution in [-0.4, -0.2) is 80.5 Å². The summed E-state index contributed by atoms with van der Waals surface area (Å²) in [6.07, 6.45) is 2.37. The Morgan fingerprint density at radius 3 is 2.28 bits per heavy atom. The number of anilines is 2. The summed E-state index contributed by atoms with van der Waals surface area (Å²) in [7, 11) is -3.15. The van der Waals surface area contributed by atoms with E-state index in [-0.39, 0.29) is 22.8 Å². The molecule has 8 nitrogen and oxygen atoms in total. The molecule has 2 aliphatic heterocycles. The number of hydrogen-bond donors (Lipinski definition) is 1. The molecular weight excluding hydrogens is 625 g/mol. The summed E-state index contributed by atoms with van der Waals surface area (Å²) < 4.78 is 65.8. The van der Waals surface area contributed by atoms with Crippen molar-refractivity contribution >= 4 is 32.4 Å². The Kier molecular flexibility index (Phi) is 10.0. The van der Waals surface area contributed by atoms with Gasteiger partial charge in [-0.05, 0) is 107 Å². The van der Waals surface area contributed by atoms with Gasteiger partial charge in [0.2, 0.25) is 10.0 Å². The molecule has 1 aromatic heterocycles. The summed E-state index contributed by atoms with van der Waals surface area (Å²) in [5.74, 6) is 1.44. The lowest BCUT2D eigenvalue weighted by Gasteiger charge is -2.54. The van der Waals surface area contributed by atoms with Crippen LogP contribution < -0.4 is 14.5 Å². The Hall–Kier alpha value is -2.96. The molecule has 0 atom stereocenters. The number of likely N-dealkylation sites (tertiary alicyclic amines) is 1. The molecule has 0 radical (unpaired) electrons. The maximum atomic E-state index is 13.0. The minimum atomic E-state index is -4.25. The number of sulfonamides is 1. The maximum absolute atomic E-state index is 13.0. The second kappa shape index (κ2) is 13.9. The fourth-order valence-electron chi connectivity index (χ4n) is 7.70. The number of piperidine rings is 1. The molecule has 0 bridgehead atoms. The zero-order valence-electron chi connectivity index (χ0n) is 27.5. The Bertz CT molecular complexity index is 1610. The monoisotopic (exact) mass is 672 g/mol. The molecule has 1 spiro atoms. The molecule has 12 heteroatoms. The van der Waals surface area contributed by atoms with Crippen LogP contribution in [0.15, 0.2) is 48.8 Å². The van der Waals surface area contributed by atoms with Gasteiger partial charge < -0.3 is 9.80 Å². The van der Waals surface area contributed by atoms with E-state index in [4.69, 9.17) is 0 Å². The van der Waals surface area contributed by atoms with Gasteiger partial charge in [0.1, 0.15) is 12.1 Å². The third-order valence-corrected chi connectivity index (χ3v) is 11.9. The molecule has 3 aliphatic rings. The first-order chi connectivity index (χ1) is 22.4. The topological polar surface area (TPSA) is 81.7 Å². The molecule has 1 N–H and O–H groups in total. The number of nitrogens with one attached hydrogen (secondary N) is 1. The lowest BCUT2D eigenvalue weighted by Crippen LogP contribution is -2.60. The van der Waals surface area contributed by atoms with Crippen molar-refractivity contribution in [2.24, 2.45) is 11.3 Å². The highest BCUT2D eigenvalue weighted by Gasteiger charge is 2.45. The van der Waals surface area contributed by atoms with E-state index in [9.17, 15) is 21.6 Å². The van der Waals surface area contributed by atoms with Gasteiger partial charge >= 0.3 is 6.18 Å². The van der Waals surface area contributed by atoms with Gasteiger partial charge in [-0.2, -0.15) is 13.2 Å². The van der Waals surface area contributed by atoms with E-state index in [0.717, 1.165) is 90.2 Å². The van der Waals surface area contributed by atoms with Crippen LogP contribution in [0.4, 0.5) is 24.7 Å². The van der Waals surface area contributed by atoms with Gasteiger partial charge in [0.15, 0.2) is 0 Å². The number of alkyl halides is 3. The molecule has 1 saturated carbocycles. The van der Waals surface area contributed by atoms with Crippen LogP contribution in [0.25, 0.3) is 10.9 Å². The predicted molar refractivity (Wildman–Crippen MR) is 181 cm³/mol. The number of fused-ring (bicyclic) bond motifs is 1. The smallest absolute Gasteiger partial charge is 0.372 e. The molecule has 3 aromatic rings. The van der Waals surface area contributed by atoms with Crippen molar-refractivity contribution < 1.29 is 21.6 Å². The van der Waals surface area contributed by atoms with E-state index in [1.165, 1.54) is 23.6 Å². The van der Waals surface area contributed by atoms with Gasteiger partial charge in [-0.3, -0.25) is 4.90 Å². The summed E-state index contributed by atoms with van der Waals surface area (Å²) >= 11 is 0. The Balaban J connectivity index is 0.975. The van der Waals surface area contributed by atoms with Gasteiger partial charge in [-0.1, -0.05) is 18.2 Å². The fourth-order valence-corrected chi connectivity index (χ4v) is 8.61. The van der Waals surface area contributed by atoms with Gasteiger partial charge in [-0.15, -0.1) is 0 Å². The molecule has 1 aliphatic carbocycles. The molecule has 3 heterocycles. The second-order valence-corrected chi connectivity index (χ2v) is 16.0. The zero-order chi connectivity index (χ0) is 33.2. The first-order valence-corrected chi connectivity index (χ1v) is 18.7. The minimum absolute atomic E-state index is 0.0698. The minimum Gasteiger partial charge on any atom is -0.372 e. The van der Waals surface area contributed by atoms with E-state index >= 15 is 0 Å². The van der Waals surface area contributed by atoms with Crippen LogP contribution in [0.5, 0.6) is 0 Å². The van der Waals surface area contributed by atoms with Crippen molar-refractivity contribution in [1.82, 2.24) is 19.6 Å². The summed E-state index contributed by atoms with van der Waals surface area (Å²) in [5, 5.41) is 0.691. The van der Waals surface area contributed by atoms with E-state index in [1.54, 1.807) is 19.1 Å². The van der Waals surface area contributed by atoms with Crippen LogP contribution in [0.2, 0.25) is 0 Å². The average Bonchev–Trinajstić information content (AvgIpc) is 3.03. The quantitative estimate of drug-likeness (QED) is 0.261. The highest BCUT2D eigenvalue weighted by atomic mass is 32.2. The zero-order valence-corrected chi connectivity index (χ0v) is 28.3. The molecule has 256 valence electrons. The molecule has 3 fully saturated rings. The van der Waals surface area contributed by atoms with Crippen molar-refractivity contribution in [3.8, 4) is 0 Å². The van der Waals surface area contributed by atoms with Crippen LogP contribution in [0, 0.1) is 11.3 Å². The van der Waals surface area contributed by atoms with Crippen molar-refractivity contribution in [3.05, 3.63) is 59.9 Å². The van der Waals surface area contributed by atoms with Crippen LogP contribution in [0.1, 0.15) is 63.5 Å². The number of benzene rings is 2. The summed E-state index contributed by atoms with van der Waals surface area (Å²) in [6.45, 7) is 10.5. The summed E-state index contributed by atoms with van der Waals surface area (Å²) in [5.41, 5.74) is 3.68. The van der Waals surface area contributed by atoms with Gasteiger partial charge in [0, 0.05) is 55.3 Å². The highest BCUT2D eigenvalue weighted by molar-refractivity contribution is 7.89. The van der Waals surface area contributed by atoms with Crippen molar-refractivity contribution in [1.29, 1.82) is 0 Å². The molecular formula is C35H47F3N6O2S. The van der Waals surface area contributed by atoms with Gasteiger partial charge in [0.25, 0.3) is 0 Å². The number of rotatable bonds is 11.